The Bertz CT molecular complexity index is 393. The second-order valence-corrected chi connectivity index (χ2v) is 5.52. The molecule has 0 radical (unpaired) electrons. The Morgan fingerprint density at radius 3 is 2.41 bits per heavy atom. The van der Waals surface area contributed by atoms with E-state index in [9.17, 15) is 19.5 Å². The average molecular weight is 336 g/mol. The van der Waals surface area contributed by atoms with Gasteiger partial charge >= 0.3 is 12.1 Å². The van der Waals surface area contributed by atoms with Crippen LogP contribution in [0.25, 0.3) is 0 Å². The molecule has 0 heterocycles. The molecule has 1 unspecified atom stereocenters. The Morgan fingerprint density at radius 1 is 1.27 bits per heavy atom. The molecule has 0 fully saturated rings. The van der Waals surface area contributed by atoms with Crippen LogP contribution in [0.5, 0.6) is 0 Å². The molecule has 22 heavy (non-hydrogen) atoms. The Kier molecular flexibility index (Phi) is 9.59. The molecule has 4 N–H and O–H groups in total. The number of carbonyl (C=O) groups excluding carboxylic acids is 2. The largest absolute Gasteiger partial charge is 0.481 e. The monoisotopic (exact) mass is 336 g/mol. The van der Waals surface area contributed by atoms with E-state index in [0.717, 1.165) is 0 Å². The van der Waals surface area contributed by atoms with Gasteiger partial charge in [0, 0.05) is 24.3 Å². The molecule has 0 aromatic rings. The quantitative estimate of drug-likeness (QED) is 0.358. The molecule has 2 atom stereocenters. The van der Waals surface area contributed by atoms with Crippen molar-refractivity contribution in [1.29, 1.82) is 0 Å². The van der Waals surface area contributed by atoms with Crippen LogP contribution in [-0.4, -0.2) is 59.7 Å². The average Bonchev–Trinajstić information content (AvgIpc) is 2.49. The van der Waals surface area contributed by atoms with Crippen LogP contribution in [-0.2, 0) is 14.3 Å². The number of alkyl carbamates (subject to hydrolysis) is 1. The number of carboxylic acids is 1. The van der Waals surface area contributed by atoms with E-state index in [4.69, 9.17) is 9.84 Å². The van der Waals surface area contributed by atoms with Crippen molar-refractivity contribution >= 4 is 30.6 Å². The fraction of sp³-hybridized carbons (Fsp3) is 0.769. The maximum Gasteiger partial charge on any atom is 0.407 e. The summed E-state index contributed by atoms with van der Waals surface area (Å²) in [5, 5.41) is 23.4. The Hall–Kier alpha value is -1.48. The van der Waals surface area contributed by atoms with Crippen molar-refractivity contribution in [3.8, 4) is 0 Å². The van der Waals surface area contributed by atoms with Gasteiger partial charge in [0.05, 0.1) is 6.42 Å². The van der Waals surface area contributed by atoms with Gasteiger partial charge in [-0.2, -0.15) is 12.6 Å². The third-order valence-electron chi connectivity index (χ3n) is 3.27. The molecule has 0 spiro atoms. The standard InChI is InChI=1S/C13H24N2O6S/c1-3-13(2,8-21-12(20)15-6-7-22)10(18)11(19)14-5-4-9(16)17/h10,18,22H,3-8H2,1-2H3,(H,14,19)(H,15,20)(H,16,17)/t10-,13?/m0/s1. The zero-order chi connectivity index (χ0) is 17.2. The van der Waals surface area contributed by atoms with E-state index in [1.165, 1.54) is 0 Å². The van der Waals surface area contributed by atoms with E-state index in [2.05, 4.69) is 23.3 Å². The zero-order valence-corrected chi connectivity index (χ0v) is 13.7. The summed E-state index contributed by atoms with van der Waals surface area (Å²) in [5.74, 6) is -1.27. The van der Waals surface area contributed by atoms with Crippen molar-refractivity contribution in [2.24, 2.45) is 5.41 Å². The molecule has 0 rings (SSSR count). The summed E-state index contributed by atoms with van der Waals surface area (Å²) in [7, 11) is 0. The number of aliphatic hydroxyl groups is 1. The van der Waals surface area contributed by atoms with Crippen LogP contribution in [0.1, 0.15) is 26.7 Å². The molecule has 0 saturated carbocycles. The normalized spacial score (nSPS) is 14.5. The van der Waals surface area contributed by atoms with Crippen LogP contribution in [0.15, 0.2) is 0 Å². The number of hydrogen-bond acceptors (Lipinski definition) is 6. The summed E-state index contributed by atoms with van der Waals surface area (Å²) in [4.78, 5) is 33.6. The summed E-state index contributed by atoms with van der Waals surface area (Å²) in [6.45, 7) is 3.50. The number of nitrogens with one attached hydrogen (secondary N) is 2. The van der Waals surface area contributed by atoms with Crippen molar-refractivity contribution in [1.82, 2.24) is 10.6 Å². The topological polar surface area (TPSA) is 125 Å². The summed E-state index contributed by atoms with van der Waals surface area (Å²) in [5.41, 5.74) is -0.967. The lowest BCUT2D eigenvalue weighted by Gasteiger charge is -2.31. The van der Waals surface area contributed by atoms with Gasteiger partial charge in [-0.3, -0.25) is 9.59 Å². The Labute approximate surface area is 135 Å². The van der Waals surface area contributed by atoms with Gasteiger partial charge in [-0.25, -0.2) is 4.79 Å². The smallest absolute Gasteiger partial charge is 0.407 e. The maximum atomic E-state index is 11.8. The lowest BCUT2D eigenvalue weighted by Crippen LogP contribution is -2.48. The van der Waals surface area contributed by atoms with E-state index in [1.54, 1.807) is 13.8 Å². The fourth-order valence-corrected chi connectivity index (χ4v) is 1.63. The van der Waals surface area contributed by atoms with E-state index in [-0.39, 0.29) is 19.6 Å². The van der Waals surface area contributed by atoms with Crippen LogP contribution in [0.4, 0.5) is 4.79 Å². The Balaban J connectivity index is 4.45. The van der Waals surface area contributed by atoms with Crippen LogP contribution in [0.3, 0.4) is 0 Å². The van der Waals surface area contributed by atoms with Crippen molar-refractivity contribution in [2.75, 3.05) is 25.4 Å². The minimum atomic E-state index is -1.41. The molecule has 9 heteroatoms. The first kappa shape index (κ1) is 20.5. The van der Waals surface area contributed by atoms with Gasteiger partial charge in [0.1, 0.15) is 12.7 Å². The van der Waals surface area contributed by atoms with Gasteiger partial charge in [-0.15, -0.1) is 0 Å². The van der Waals surface area contributed by atoms with Crippen LogP contribution < -0.4 is 10.6 Å². The van der Waals surface area contributed by atoms with Gasteiger partial charge in [-0.05, 0) is 6.42 Å². The SMILES string of the molecule is CCC(C)(COC(=O)NCCS)[C@@H](O)C(=O)NCCC(=O)O. The summed E-state index contributed by atoms with van der Waals surface area (Å²) in [6.07, 6.45) is -1.90. The van der Waals surface area contributed by atoms with E-state index >= 15 is 0 Å². The first-order valence-corrected chi connectivity index (χ1v) is 7.59. The molecule has 0 saturated heterocycles. The molecule has 128 valence electrons. The van der Waals surface area contributed by atoms with Crippen molar-refractivity contribution in [3.05, 3.63) is 0 Å². The summed E-state index contributed by atoms with van der Waals surface area (Å²) >= 11 is 3.94. The molecule has 2 amide bonds. The second-order valence-electron chi connectivity index (χ2n) is 5.07. The van der Waals surface area contributed by atoms with Gasteiger partial charge in [0.2, 0.25) is 5.91 Å². The first-order chi connectivity index (χ1) is 10.3. The highest BCUT2D eigenvalue weighted by Crippen LogP contribution is 2.26. The number of carbonyl (C=O) groups is 3. The molecule has 0 aromatic carbocycles. The highest BCUT2D eigenvalue weighted by Gasteiger charge is 2.37. The molecular weight excluding hydrogens is 312 g/mol. The third-order valence-corrected chi connectivity index (χ3v) is 3.49. The molecule has 0 aliphatic rings. The fourth-order valence-electron chi connectivity index (χ4n) is 1.52. The predicted octanol–water partition coefficient (Wildman–Crippen LogP) is 0.0105. The van der Waals surface area contributed by atoms with Crippen molar-refractivity contribution in [3.63, 3.8) is 0 Å². The minimum Gasteiger partial charge on any atom is -0.481 e. The number of rotatable bonds is 10. The first-order valence-electron chi connectivity index (χ1n) is 6.96. The van der Waals surface area contributed by atoms with Gasteiger partial charge in [-0.1, -0.05) is 13.8 Å². The maximum absolute atomic E-state index is 11.8. The highest BCUT2D eigenvalue weighted by atomic mass is 32.1. The Morgan fingerprint density at radius 2 is 1.91 bits per heavy atom. The predicted molar refractivity (Wildman–Crippen MR) is 82.9 cm³/mol. The van der Waals surface area contributed by atoms with E-state index in [1.807, 2.05) is 0 Å². The number of aliphatic carboxylic acids is 1. The number of aliphatic hydroxyl groups excluding tert-OH is 1. The van der Waals surface area contributed by atoms with Crippen LogP contribution in [0, 0.1) is 5.41 Å². The molecule has 8 nitrogen and oxygen atoms in total. The van der Waals surface area contributed by atoms with Gasteiger partial charge in [0.25, 0.3) is 0 Å². The lowest BCUT2D eigenvalue weighted by atomic mass is 9.82. The van der Waals surface area contributed by atoms with Crippen LogP contribution in [0.2, 0.25) is 0 Å². The zero-order valence-electron chi connectivity index (χ0n) is 12.8. The molecule has 0 bridgehead atoms. The van der Waals surface area contributed by atoms with Gasteiger partial charge < -0.3 is 25.6 Å². The second kappa shape index (κ2) is 10.3. The van der Waals surface area contributed by atoms with E-state index in [0.29, 0.717) is 18.7 Å². The third kappa shape index (κ3) is 7.51. The number of hydrogen-bond donors (Lipinski definition) is 5. The van der Waals surface area contributed by atoms with Crippen molar-refractivity contribution in [2.45, 2.75) is 32.8 Å². The highest BCUT2D eigenvalue weighted by molar-refractivity contribution is 7.80. The summed E-state index contributed by atoms with van der Waals surface area (Å²) < 4.78 is 5.00. The van der Waals surface area contributed by atoms with Crippen molar-refractivity contribution < 1.29 is 29.3 Å². The van der Waals surface area contributed by atoms with Gasteiger partial charge in [0.15, 0.2) is 0 Å². The molecule has 0 aliphatic heterocycles. The molecule has 0 aromatic heterocycles. The lowest BCUT2D eigenvalue weighted by molar-refractivity contribution is -0.139. The number of amides is 2. The number of carboxylic acid groups (broad SMARTS) is 1. The van der Waals surface area contributed by atoms with E-state index < -0.39 is 29.5 Å². The molecule has 0 aliphatic carbocycles. The molecular formula is C13H24N2O6S. The summed E-state index contributed by atoms with van der Waals surface area (Å²) in [6, 6.07) is 0. The minimum absolute atomic E-state index is 0.0751. The van der Waals surface area contributed by atoms with Crippen LogP contribution >= 0.6 is 12.6 Å². The number of thiol groups is 1. The number of ether oxygens (including phenoxy) is 1.